The largest absolute Gasteiger partial charge is 0.481 e. The molecule has 0 spiro atoms. The summed E-state index contributed by atoms with van der Waals surface area (Å²) in [7, 11) is 0. The zero-order chi connectivity index (χ0) is 38.4. The number of amides is 6. The SMILES string of the molecule is CC(C)C[C@H](NC(=O)[C@H](CC(=O)O)NC(=O)[C@H](CC1CCCCC1)NC(=O)[C@@H]1CCCN1C(=O)[C@H](CS)NC(=O)[C@@H](N)CC1CCCCC1)C(N)=O. The number of thiol groups is 1. The molecule has 52 heavy (non-hydrogen) atoms. The standard InChI is InChI=1S/C36H61N7O8S/c1-21(2)16-25(31(38)46)39-34(49)27(19-30(44)45)40-33(48)26(18-23-12-7-4-8-13-23)41-35(50)29-14-9-15-43(29)36(51)28(20-52)42-32(47)24(37)17-22-10-5-3-6-11-22/h21-29,52H,3-20,37H2,1-2H3,(H2,38,46)(H,39,49)(H,40,48)(H,41,50)(H,42,47)(H,44,45)/t24-,25-,26-,27-,28-,29-/m0/s1. The first-order valence-electron chi connectivity index (χ1n) is 19.1. The van der Waals surface area contributed by atoms with E-state index in [4.69, 9.17) is 11.5 Å². The Hall–Kier alpha value is -3.40. The van der Waals surface area contributed by atoms with Crippen molar-refractivity contribution in [1.82, 2.24) is 26.2 Å². The maximum Gasteiger partial charge on any atom is 0.305 e. The van der Waals surface area contributed by atoms with Crippen LogP contribution in [0.25, 0.3) is 0 Å². The number of primary amides is 1. The minimum atomic E-state index is -1.54. The molecule has 1 heterocycles. The van der Waals surface area contributed by atoms with Gasteiger partial charge in [0, 0.05) is 12.3 Å². The number of nitrogens with one attached hydrogen (secondary N) is 4. The normalized spacial score (nSPS) is 21.3. The zero-order valence-electron chi connectivity index (χ0n) is 30.8. The summed E-state index contributed by atoms with van der Waals surface area (Å²) in [6.07, 6.45) is 11.3. The molecular weight excluding hydrogens is 691 g/mol. The van der Waals surface area contributed by atoms with E-state index in [1.54, 1.807) is 0 Å². The molecule has 9 N–H and O–H groups in total. The third-order valence-electron chi connectivity index (χ3n) is 10.6. The second-order valence-corrected chi connectivity index (χ2v) is 15.7. The number of nitrogens with two attached hydrogens (primary N) is 2. The van der Waals surface area contributed by atoms with Crippen LogP contribution in [0.3, 0.4) is 0 Å². The molecule has 6 amide bonds. The van der Waals surface area contributed by atoms with Gasteiger partial charge in [0.25, 0.3) is 0 Å². The Morgan fingerprint density at radius 1 is 0.712 bits per heavy atom. The minimum absolute atomic E-state index is 0.000912. The van der Waals surface area contributed by atoms with Crippen molar-refractivity contribution in [1.29, 1.82) is 0 Å². The highest BCUT2D eigenvalue weighted by atomic mass is 32.1. The predicted molar refractivity (Wildman–Crippen MR) is 198 cm³/mol. The lowest BCUT2D eigenvalue weighted by molar-refractivity contribution is -0.142. The molecule has 0 aromatic heterocycles. The number of nitrogens with zero attached hydrogens (tertiary/aromatic N) is 1. The molecule has 16 heteroatoms. The van der Waals surface area contributed by atoms with Crippen molar-refractivity contribution in [2.75, 3.05) is 12.3 Å². The van der Waals surface area contributed by atoms with Crippen molar-refractivity contribution in [3.05, 3.63) is 0 Å². The molecule has 0 bridgehead atoms. The summed E-state index contributed by atoms with van der Waals surface area (Å²) in [6, 6.07) is -6.42. The third-order valence-corrected chi connectivity index (χ3v) is 11.0. The van der Waals surface area contributed by atoms with Gasteiger partial charge >= 0.3 is 5.97 Å². The monoisotopic (exact) mass is 751 g/mol. The lowest BCUT2D eigenvalue weighted by Crippen LogP contribution is -2.59. The molecule has 15 nitrogen and oxygen atoms in total. The molecule has 3 aliphatic rings. The van der Waals surface area contributed by atoms with Gasteiger partial charge in [0.1, 0.15) is 30.2 Å². The Kier molecular flexibility index (Phi) is 17.6. The van der Waals surface area contributed by atoms with Crippen molar-refractivity contribution in [3.63, 3.8) is 0 Å². The number of hydrogen-bond donors (Lipinski definition) is 8. The lowest BCUT2D eigenvalue weighted by Gasteiger charge is -2.32. The lowest BCUT2D eigenvalue weighted by atomic mass is 9.84. The van der Waals surface area contributed by atoms with Crippen LogP contribution in [0.5, 0.6) is 0 Å². The van der Waals surface area contributed by atoms with Crippen LogP contribution in [0.2, 0.25) is 0 Å². The van der Waals surface area contributed by atoms with Crippen LogP contribution >= 0.6 is 12.6 Å². The maximum atomic E-state index is 13.9. The maximum absolute atomic E-state index is 13.9. The molecule has 3 rings (SSSR count). The highest BCUT2D eigenvalue weighted by Gasteiger charge is 2.40. The van der Waals surface area contributed by atoms with E-state index in [0.717, 1.165) is 57.8 Å². The Morgan fingerprint density at radius 3 is 1.79 bits per heavy atom. The van der Waals surface area contributed by atoms with Crippen LogP contribution in [0.15, 0.2) is 0 Å². The molecule has 0 aromatic carbocycles. The van der Waals surface area contributed by atoms with E-state index < -0.39 is 84.1 Å². The van der Waals surface area contributed by atoms with E-state index in [9.17, 15) is 38.7 Å². The fourth-order valence-electron chi connectivity index (χ4n) is 7.76. The summed E-state index contributed by atoms with van der Waals surface area (Å²) in [4.78, 5) is 92.8. The zero-order valence-corrected chi connectivity index (χ0v) is 31.7. The van der Waals surface area contributed by atoms with Crippen molar-refractivity contribution < 1.29 is 38.7 Å². The van der Waals surface area contributed by atoms with E-state index in [-0.39, 0.29) is 37.0 Å². The van der Waals surface area contributed by atoms with Crippen molar-refractivity contribution in [3.8, 4) is 0 Å². The fourth-order valence-corrected chi connectivity index (χ4v) is 8.01. The first kappa shape index (κ1) is 43.0. The Labute approximate surface area is 312 Å². The summed E-state index contributed by atoms with van der Waals surface area (Å²) < 4.78 is 0. The number of rotatable bonds is 19. The molecule has 294 valence electrons. The second-order valence-electron chi connectivity index (χ2n) is 15.3. The summed E-state index contributed by atoms with van der Waals surface area (Å²) in [5.74, 6) is -4.78. The van der Waals surface area contributed by atoms with Gasteiger partial charge in [-0.3, -0.25) is 33.6 Å². The first-order valence-corrected chi connectivity index (χ1v) is 19.7. The molecule has 1 saturated heterocycles. The molecular formula is C36H61N7O8S. The molecule has 0 unspecified atom stereocenters. The van der Waals surface area contributed by atoms with Crippen LogP contribution in [-0.2, 0) is 33.6 Å². The highest BCUT2D eigenvalue weighted by Crippen LogP contribution is 2.29. The minimum Gasteiger partial charge on any atom is -0.481 e. The van der Waals surface area contributed by atoms with Crippen LogP contribution in [-0.4, -0.2) is 100.0 Å². The van der Waals surface area contributed by atoms with Gasteiger partial charge in [0.2, 0.25) is 35.4 Å². The topological polar surface area (TPSA) is 243 Å². The molecule has 6 atom stereocenters. The van der Waals surface area contributed by atoms with Gasteiger partial charge in [-0.25, -0.2) is 0 Å². The average molecular weight is 752 g/mol. The molecule has 0 radical (unpaired) electrons. The molecule has 3 fully saturated rings. The van der Waals surface area contributed by atoms with Crippen molar-refractivity contribution >= 4 is 54.0 Å². The van der Waals surface area contributed by atoms with Crippen LogP contribution in [0.1, 0.15) is 117 Å². The van der Waals surface area contributed by atoms with E-state index in [1.165, 1.54) is 11.3 Å². The van der Waals surface area contributed by atoms with Crippen molar-refractivity contribution in [2.24, 2.45) is 29.2 Å². The number of aliphatic carboxylic acids is 1. The molecule has 0 aromatic rings. The smallest absolute Gasteiger partial charge is 0.305 e. The van der Waals surface area contributed by atoms with Crippen LogP contribution < -0.4 is 32.7 Å². The van der Waals surface area contributed by atoms with Crippen LogP contribution in [0, 0.1) is 17.8 Å². The van der Waals surface area contributed by atoms with Gasteiger partial charge in [-0.1, -0.05) is 78.1 Å². The number of likely N-dealkylation sites (tertiary alicyclic amines) is 1. The number of carbonyl (C=O) groups is 7. The average Bonchev–Trinajstić information content (AvgIpc) is 3.60. The summed E-state index contributed by atoms with van der Waals surface area (Å²) in [5, 5.41) is 20.1. The van der Waals surface area contributed by atoms with E-state index in [1.807, 2.05) is 13.8 Å². The Balaban J connectivity index is 1.72. The number of carbonyl (C=O) groups excluding carboxylic acids is 6. The Bertz CT molecular complexity index is 1260. The van der Waals surface area contributed by atoms with Gasteiger partial charge in [-0.2, -0.15) is 12.6 Å². The van der Waals surface area contributed by atoms with Crippen molar-refractivity contribution in [2.45, 2.75) is 153 Å². The predicted octanol–water partition coefficient (Wildman–Crippen LogP) is 1.12. The number of hydrogen-bond acceptors (Lipinski definition) is 9. The first-order chi connectivity index (χ1) is 24.7. The van der Waals surface area contributed by atoms with E-state index in [2.05, 4.69) is 33.9 Å². The van der Waals surface area contributed by atoms with E-state index >= 15 is 0 Å². The Morgan fingerprint density at radius 2 is 1.25 bits per heavy atom. The highest BCUT2D eigenvalue weighted by molar-refractivity contribution is 7.80. The summed E-state index contributed by atoms with van der Waals surface area (Å²) in [6.45, 7) is 3.93. The number of carboxylic acid groups (broad SMARTS) is 1. The van der Waals surface area contributed by atoms with Gasteiger partial charge < -0.3 is 42.7 Å². The van der Waals surface area contributed by atoms with Crippen LogP contribution in [0.4, 0.5) is 0 Å². The second kappa shape index (κ2) is 21.3. The number of carboxylic acids is 1. The van der Waals surface area contributed by atoms with E-state index in [0.29, 0.717) is 25.2 Å². The fraction of sp³-hybridized carbons (Fsp3) is 0.806. The summed E-state index contributed by atoms with van der Waals surface area (Å²) >= 11 is 4.32. The van der Waals surface area contributed by atoms with Gasteiger partial charge in [0.15, 0.2) is 0 Å². The van der Waals surface area contributed by atoms with Gasteiger partial charge in [0.05, 0.1) is 12.5 Å². The quantitative estimate of drug-likeness (QED) is 0.0881. The molecule has 2 aliphatic carbocycles. The molecule has 1 aliphatic heterocycles. The third kappa shape index (κ3) is 13.5. The molecule has 2 saturated carbocycles. The summed E-state index contributed by atoms with van der Waals surface area (Å²) in [5.41, 5.74) is 11.7. The van der Waals surface area contributed by atoms with Gasteiger partial charge in [-0.15, -0.1) is 0 Å². The van der Waals surface area contributed by atoms with Gasteiger partial charge in [-0.05, 0) is 49.9 Å².